The van der Waals surface area contributed by atoms with Crippen molar-refractivity contribution >= 4 is 11.8 Å². The first kappa shape index (κ1) is 18.8. The summed E-state index contributed by atoms with van der Waals surface area (Å²) in [5.41, 5.74) is -0.690. The third-order valence-electron chi connectivity index (χ3n) is 3.61. The van der Waals surface area contributed by atoms with Crippen LogP contribution >= 0.6 is 0 Å². The molecule has 0 saturated carbocycles. The van der Waals surface area contributed by atoms with Gasteiger partial charge in [-0.25, -0.2) is 9.78 Å². The lowest BCUT2D eigenvalue weighted by Gasteiger charge is -2.33. The molecule has 0 unspecified atom stereocenters. The van der Waals surface area contributed by atoms with Crippen molar-refractivity contribution in [1.29, 1.82) is 0 Å². The first-order valence-electron chi connectivity index (χ1n) is 8.02. The minimum Gasteiger partial charge on any atom is -0.491 e. The zero-order valence-corrected chi connectivity index (χ0v) is 14.9. The summed E-state index contributed by atoms with van der Waals surface area (Å²) in [5.74, 6) is 0.424. The molecule has 1 aromatic rings. The van der Waals surface area contributed by atoms with E-state index in [1.54, 1.807) is 4.90 Å². The molecule has 0 spiro atoms. The van der Waals surface area contributed by atoms with Crippen LogP contribution in [-0.4, -0.2) is 52.8 Å². The maximum atomic E-state index is 12.0. The normalized spacial score (nSPS) is 15.6. The smallest absolute Gasteiger partial charge is 0.410 e. The Hall–Kier alpha value is -2.58. The van der Waals surface area contributed by atoms with Gasteiger partial charge in [-0.3, -0.25) is 10.1 Å². The molecule has 138 valence electrons. The van der Waals surface area contributed by atoms with Crippen LogP contribution in [0.15, 0.2) is 12.3 Å². The first-order valence-corrected chi connectivity index (χ1v) is 8.02. The fraction of sp³-hybridized carbons (Fsp3) is 0.625. The molecule has 25 heavy (non-hydrogen) atoms. The number of aromatic nitrogens is 1. The summed E-state index contributed by atoms with van der Waals surface area (Å²) in [5, 5.41) is 10.8. The molecule has 0 bridgehead atoms. The van der Waals surface area contributed by atoms with Crippen LogP contribution < -0.4 is 9.47 Å². The third kappa shape index (κ3) is 5.20. The summed E-state index contributed by atoms with van der Waals surface area (Å²) in [4.78, 5) is 27.9. The first-order chi connectivity index (χ1) is 11.7. The minimum atomic E-state index is -0.543. The molecule has 1 saturated heterocycles. The van der Waals surface area contributed by atoms with Crippen LogP contribution in [0.25, 0.3) is 0 Å². The van der Waals surface area contributed by atoms with Crippen molar-refractivity contribution < 1.29 is 23.9 Å². The van der Waals surface area contributed by atoms with E-state index in [9.17, 15) is 14.9 Å². The van der Waals surface area contributed by atoms with Gasteiger partial charge in [-0.05, 0) is 20.8 Å². The summed E-state index contributed by atoms with van der Waals surface area (Å²) in [6, 6.07) is 1.28. The molecule has 2 rings (SSSR count). The number of piperidine rings is 1. The largest absolute Gasteiger partial charge is 0.491 e. The van der Waals surface area contributed by atoms with Crippen molar-refractivity contribution in [2.45, 2.75) is 45.3 Å². The quantitative estimate of drug-likeness (QED) is 0.605. The molecule has 0 N–H and O–H groups in total. The topological polar surface area (TPSA) is 104 Å². The Morgan fingerprint density at radius 2 is 2.00 bits per heavy atom. The second kappa shape index (κ2) is 7.54. The van der Waals surface area contributed by atoms with E-state index in [0.29, 0.717) is 25.9 Å². The van der Waals surface area contributed by atoms with Crippen molar-refractivity contribution in [3.05, 3.63) is 22.4 Å². The Bertz CT molecular complexity index is 635. The summed E-state index contributed by atoms with van der Waals surface area (Å²) in [6.07, 6.45) is 1.87. The lowest BCUT2D eigenvalue weighted by Crippen LogP contribution is -2.44. The molecule has 1 amide bonds. The molecule has 1 fully saturated rings. The van der Waals surface area contributed by atoms with E-state index in [0.717, 1.165) is 6.20 Å². The zero-order valence-electron chi connectivity index (χ0n) is 14.9. The number of methoxy groups -OCH3 is 1. The van der Waals surface area contributed by atoms with E-state index >= 15 is 0 Å². The Morgan fingerprint density at radius 1 is 1.36 bits per heavy atom. The van der Waals surface area contributed by atoms with Gasteiger partial charge in [-0.1, -0.05) is 0 Å². The summed E-state index contributed by atoms with van der Waals surface area (Å²) >= 11 is 0. The average Bonchev–Trinajstić information content (AvgIpc) is 2.54. The number of carbonyl (C=O) groups excluding carboxylic acids is 1. The molecular weight excluding hydrogens is 330 g/mol. The number of carbonyl (C=O) groups is 1. The average molecular weight is 353 g/mol. The summed E-state index contributed by atoms with van der Waals surface area (Å²) in [6.45, 7) is 6.50. The molecule has 1 aliphatic rings. The molecule has 9 heteroatoms. The van der Waals surface area contributed by atoms with Crippen molar-refractivity contribution in [3.8, 4) is 11.6 Å². The van der Waals surface area contributed by atoms with Gasteiger partial charge in [0, 0.05) is 25.9 Å². The van der Waals surface area contributed by atoms with Crippen LogP contribution in [0, 0.1) is 10.1 Å². The molecule has 0 aliphatic carbocycles. The number of likely N-dealkylation sites (tertiary alicyclic amines) is 1. The molecule has 1 aromatic heterocycles. The van der Waals surface area contributed by atoms with E-state index in [4.69, 9.17) is 14.2 Å². The fourth-order valence-electron chi connectivity index (χ4n) is 2.40. The van der Waals surface area contributed by atoms with Crippen LogP contribution in [0.1, 0.15) is 33.6 Å². The molecule has 0 atom stereocenters. The maximum absolute atomic E-state index is 12.0. The molecule has 0 aromatic carbocycles. The Labute approximate surface area is 146 Å². The summed E-state index contributed by atoms with van der Waals surface area (Å²) in [7, 11) is 1.40. The van der Waals surface area contributed by atoms with E-state index in [2.05, 4.69) is 4.98 Å². The molecule has 0 radical (unpaired) electrons. The van der Waals surface area contributed by atoms with Gasteiger partial charge in [0.2, 0.25) is 0 Å². The predicted octanol–water partition coefficient (Wildman–Crippen LogP) is 2.78. The fourth-order valence-corrected chi connectivity index (χ4v) is 2.40. The van der Waals surface area contributed by atoms with Gasteiger partial charge in [0.1, 0.15) is 17.9 Å². The van der Waals surface area contributed by atoms with Crippen molar-refractivity contribution in [2.75, 3.05) is 20.2 Å². The van der Waals surface area contributed by atoms with Crippen LogP contribution in [0.5, 0.6) is 11.6 Å². The molecule has 1 aliphatic heterocycles. The van der Waals surface area contributed by atoms with E-state index in [-0.39, 0.29) is 29.5 Å². The van der Waals surface area contributed by atoms with E-state index < -0.39 is 10.5 Å². The van der Waals surface area contributed by atoms with Gasteiger partial charge in [0.15, 0.2) is 5.75 Å². The lowest BCUT2D eigenvalue weighted by molar-refractivity contribution is -0.385. The standard InChI is InChI=1S/C16H23N3O6/c1-16(2,3)25-15(20)18-7-5-12(6-8-18)24-14-13(23-4)9-11(10-17-14)19(21)22/h9-10,12H,5-8H2,1-4H3. The monoisotopic (exact) mass is 353 g/mol. The van der Waals surface area contributed by atoms with Crippen molar-refractivity contribution in [1.82, 2.24) is 9.88 Å². The second-order valence-electron chi connectivity index (χ2n) is 6.74. The van der Waals surface area contributed by atoms with Crippen LogP contribution in [-0.2, 0) is 4.74 Å². The summed E-state index contributed by atoms with van der Waals surface area (Å²) < 4.78 is 16.3. The highest BCUT2D eigenvalue weighted by atomic mass is 16.6. The van der Waals surface area contributed by atoms with Crippen LogP contribution in [0.2, 0.25) is 0 Å². The Kier molecular flexibility index (Phi) is 5.66. The van der Waals surface area contributed by atoms with Gasteiger partial charge in [0.05, 0.1) is 18.1 Å². The highest BCUT2D eigenvalue weighted by molar-refractivity contribution is 5.68. The molecule has 9 nitrogen and oxygen atoms in total. The second-order valence-corrected chi connectivity index (χ2v) is 6.74. The lowest BCUT2D eigenvalue weighted by atomic mass is 10.1. The number of hydrogen-bond donors (Lipinski definition) is 0. The zero-order chi connectivity index (χ0) is 18.6. The predicted molar refractivity (Wildman–Crippen MR) is 88.9 cm³/mol. The number of nitro groups is 1. The van der Waals surface area contributed by atoms with Crippen molar-refractivity contribution in [2.24, 2.45) is 0 Å². The third-order valence-corrected chi connectivity index (χ3v) is 3.61. The number of pyridine rings is 1. The number of ether oxygens (including phenoxy) is 3. The highest BCUT2D eigenvalue weighted by Crippen LogP contribution is 2.30. The number of nitrogens with zero attached hydrogens (tertiary/aromatic N) is 3. The Morgan fingerprint density at radius 3 is 2.52 bits per heavy atom. The van der Waals surface area contributed by atoms with Gasteiger partial charge < -0.3 is 19.1 Å². The number of hydrogen-bond acceptors (Lipinski definition) is 7. The molecular formula is C16H23N3O6. The van der Waals surface area contributed by atoms with Crippen LogP contribution in [0.3, 0.4) is 0 Å². The SMILES string of the molecule is COc1cc([N+](=O)[O-])cnc1OC1CCN(C(=O)OC(C)(C)C)CC1. The minimum absolute atomic E-state index is 0.151. The Balaban J connectivity index is 1.94. The van der Waals surface area contributed by atoms with E-state index in [1.807, 2.05) is 20.8 Å². The molecule has 2 heterocycles. The van der Waals surface area contributed by atoms with Crippen LogP contribution in [0.4, 0.5) is 10.5 Å². The van der Waals surface area contributed by atoms with Gasteiger partial charge in [-0.2, -0.15) is 0 Å². The number of amides is 1. The van der Waals surface area contributed by atoms with Crippen molar-refractivity contribution in [3.63, 3.8) is 0 Å². The van der Waals surface area contributed by atoms with Gasteiger partial charge in [0.25, 0.3) is 11.6 Å². The van der Waals surface area contributed by atoms with Gasteiger partial charge >= 0.3 is 6.09 Å². The number of rotatable bonds is 4. The van der Waals surface area contributed by atoms with E-state index in [1.165, 1.54) is 13.2 Å². The van der Waals surface area contributed by atoms with Gasteiger partial charge in [-0.15, -0.1) is 0 Å². The maximum Gasteiger partial charge on any atom is 0.410 e. The highest BCUT2D eigenvalue weighted by Gasteiger charge is 2.28.